The highest BCUT2D eigenvalue weighted by molar-refractivity contribution is 6.04. The van der Waals surface area contributed by atoms with Crippen LogP contribution in [0.1, 0.15) is 26.7 Å². The molecule has 12 heavy (non-hydrogen) atoms. The van der Waals surface area contributed by atoms with Gasteiger partial charge in [-0.2, -0.15) is 0 Å². The second-order valence-corrected chi connectivity index (χ2v) is 2.33. The molecule has 0 heterocycles. The van der Waals surface area contributed by atoms with Crippen LogP contribution in [0, 0.1) is 10.1 Å². The van der Waals surface area contributed by atoms with Gasteiger partial charge in [-0.15, -0.1) is 0 Å². The highest BCUT2D eigenvalue weighted by Gasteiger charge is 2.34. The van der Waals surface area contributed by atoms with Gasteiger partial charge in [0.25, 0.3) is 0 Å². The lowest BCUT2D eigenvalue weighted by atomic mass is 10.1. The van der Waals surface area contributed by atoms with Crippen LogP contribution < -0.4 is 0 Å². The largest absolute Gasteiger partial charge is 0.327 e. The fourth-order valence-electron chi connectivity index (χ4n) is 0.801. The summed E-state index contributed by atoms with van der Waals surface area (Å²) in [5.41, 5.74) is 0. The zero-order valence-electron chi connectivity index (χ0n) is 7.07. The third-order valence-corrected chi connectivity index (χ3v) is 1.52. The molecular weight excluding hydrogens is 162 g/mol. The van der Waals surface area contributed by atoms with E-state index in [2.05, 4.69) is 0 Å². The van der Waals surface area contributed by atoms with Crippen LogP contribution >= 0.6 is 0 Å². The van der Waals surface area contributed by atoms with Gasteiger partial charge in [0, 0.05) is 17.8 Å². The summed E-state index contributed by atoms with van der Waals surface area (Å²) in [6.07, 6.45) is 0.0504. The van der Waals surface area contributed by atoms with Gasteiger partial charge in [-0.1, -0.05) is 13.8 Å². The number of nitrogens with zero attached hydrogens (tertiary/aromatic N) is 1. The monoisotopic (exact) mass is 173 g/mol. The average Bonchev–Trinajstić information content (AvgIpc) is 2.03. The molecule has 0 fully saturated rings. The molecular formula is C7H11NO4. The Kier molecular flexibility index (Phi) is 4.10. The van der Waals surface area contributed by atoms with Crippen molar-refractivity contribution in [3.05, 3.63) is 10.1 Å². The molecule has 0 amide bonds. The number of rotatable bonds is 5. The first-order chi connectivity index (χ1) is 5.54. The molecule has 0 spiro atoms. The Labute approximate surface area is 69.9 Å². The highest BCUT2D eigenvalue weighted by atomic mass is 16.6. The van der Waals surface area contributed by atoms with E-state index in [9.17, 15) is 19.7 Å². The van der Waals surface area contributed by atoms with Crippen LogP contribution in [0.2, 0.25) is 0 Å². The second-order valence-electron chi connectivity index (χ2n) is 2.33. The van der Waals surface area contributed by atoms with Crippen molar-refractivity contribution < 1.29 is 14.5 Å². The van der Waals surface area contributed by atoms with Gasteiger partial charge >= 0.3 is 6.04 Å². The van der Waals surface area contributed by atoms with E-state index in [0.29, 0.717) is 0 Å². The van der Waals surface area contributed by atoms with Gasteiger partial charge in [0.15, 0.2) is 0 Å². The molecule has 0 aliphatic carbocycles. The predicted molar refractivity (Wildman–Crippen MR) is 41.4 cm³/mol. The van der Waals surface area contributed by atoms with Gasteiger partial charge in [0.05, 0.1) is 0 Å². The topological polar surface area (TPSA) is 77.3 Å². The lowest BCUT2D eigenvalue weighted by Gasteiger charge is -2.03. The summed E-state index contributed by atoms with van der Waals surface area (Å²) in [5, 5.41) is 10.3. The first-order valence-electron chi connectivity index (χ1n) is 3.73. The zero-order chi connectivity index (χ0) is 9.72. The summed E-state index contributed by atoms with van der Waals surface area (Å²) in [4.78, 5) is 31.2. The normalized spacial score (nSPS) is 9.92. The van der Waals surface area contributed by atoms with Crippen molar-refractivity contribution in [2.75, 3.05) is 0 Å². The first kappa shape index (κ1) is 10.7. The van der Waals surface area contributed by atoms with Gasteiger partial charge in [-0.05, 0) is 0 Å². The third kappa shape index (κ3) is 2.41. The molecule has 0 aromatic heterocycles. The molecule has 5 heteroatoms. The Bertz CT molecular complexity index is 195. The Hall–Kier alpha value is -1.26. The Morgan fingerprint density at radius 2 is 1.58 bits per heavy atom. The van der Waals surface area contributed by atoms with Gasteiger partial charge < -0.3 is 0 Å². The Morgan fingerprint density at radius 1 is 1.25 bits per heavy atom. The van der Waals surface area contributed by atoms with Crippen molar-refractivity contribution in [3.8, 4) is 0 Å². The number of carbonyl (C=O) groups is 2. The summed E-state index contributed by atoms with van der Waals surface area (Å²) >= 11 is 0. The smallest absolute Gasteiger partial charge is 0.291 e. The number of Topliss-reactive ketones (excluding diaryl/α,β-unsaturated/α-hetero) is 2. The fraction of sp³-hybridized carbons (Fsp3) is 0.714. The van der Waals surface area contributed by atoms with E-state index in [1.165, 1.54) is 13.8 Å². The van der Waals surface area contributed by atoms with Crippen molar-refractivity contribution in [2.45, 2.75) is 32.7 Å². The van der Waals surface area contributed by atoms with Crippen LogP contribution in [0.15, 0.2) is 0 Å². The summed E-state index contributed by atoms with van der Waals surface area (Å²) in [6.45, 7) is 3.00. The highest BCUT2D eigenvalue weighted by Crippen LogP contribution is 2.00. The van der Waals surface area contributed by atoms with E-state index < -0.39 is 22.5 Å². The van der Waals surface area contributed by atoms with E-state index in [4.69, 9.17) is 0 Å². The van der Waals surface area contributed by atoms with Crippen LogP contribution in [-0.4, -0.2) is 22.5 Å². The fourth-order valence-corrected chi connectivity index (χ4v) is 0.801. The van der Waals surface area contributed by atoms with Crippen LogP contribution in [-0.2, 0) is 9.59 Å². The maximum absolute atomic E-state index is 10.9. The molecule has 0 saturated heterocycles. The molecule has 0 N–H and O–H groups in total. The average molecular weight is 173 g/mol. The summed E-state index contributed by atoms with van der Waals surface area (Å²) in [6, 6.07) is -1.64. The molecule has 0 aromatic rings. The maximum atomic E-state index is 10.9. The van der Waals surface area contributed by atoms with Crippen molar-refractivity contribution in [1.82, 2.24) is 0 Å². The zero-order valence-corrected chi connectivity index (χ0v) is 7.07. The third-order valence-electron chi connectivity index (χ3n) is 1.52. The van der Waals surface area contributed by atoms with Crippen molar-refractivity contribution in [3.63, 3.8) is 0 Å². The molecule has 0 bridgehead atoms. The van der Waals surface area contributed by atoms with Gasteiger partial charge in [-0.3, -0.25) is 19.7 Å². The van der Waals surface area contributed by atoms with Gasteiger partial charge in [0.2, 0.25) is 11.6 Å². The van der Waals surface area contributed by atoms with E-state index >= 15 is 0 Å². The van der Waals surface area contributed by atoms with E-state index in [1.54, 1.807) is 0 Å². The van der Waals surface area contributed by atoms with Crippen molar-refractivity contribution in [2.24, 2.45) is 0 Å². The molecule has 0 aromatic carbocycles. The molecule has 0 unspecified atom stereocenters. The van der Waals surface area contributed by atoms with E-state index in [1.807, 2.05) is 0 Å². The molecule has 0 radical (unpaired) electrons. The number of hydrogen-bond acceptors (Lipinski definition) is 4. The SMILES string of the molecule is CCC(=O)C(C(=O)CC)[N+](=O)[O-]. The van der Waals surface area contributed by atoms with Crippen LogP contribution in [0.25, 0.3) is 0 Å². The molecule has 68 valence electrons. The van der Waals surface area contributed by atoms with Crippen molar-refractivity contribution in [1.29, 1.82) is 0 Å². The molecule has 0 aliphatic rings. The molecule has 0 atom stereocenters. The molecule has 0 aliphatic heterocycles. The Morgan fingerprint density at radius 3 is 1.75 bits per heavy atom. The number of hydrogen-bond donors (Lipinski definition) is 0. The lowest BCUT2D eigenvalue weighted by Crippen LogP contribution is -2.36. The standard InChI is InChI=1S/C7H11NO4/c1-3-5(9)7(8(11)12)6(10)4-2/h7H,3-4H2,1-2H3. The summed E-state index contributed by atoms with van der Waals surface area (Å²) in [5.74, 6) is -1.24. The molecule has 0 saturated carbocycles. The predicted octanol–water partition coefficient (Wildman–Crippen LogP) is 0.590. The van der Waals surface area contributed by atoms with E-state index in [-0.39, 0.29) is 12.8 Å². The molecule has 0 rings (SSSR count). The van der Waals surface area contributed by atoms with E-state index in [0.717, 1.165) is 0 Å². The minimum atomic E-state index is -1.64. The summed E-state index contributed by atoms with van der Waals surface area (Å²) < 4.78 is 0. The lowest BCUT2D eigenvalue weighted by molar-refractivity contribution is -0.493. The number of ketones is 2. The van der Waals surface area contributed by atoms with Gasteiger partial charge in [-0.25, -0.2) is 0 Å². The van der Waals surface area contributed by atoms with Crippen LogP contribution in [0.4, 0.5) is 0 Å². The minimum Gasteiger partial charge on any atom is -0.291 e. The number of carbonyl (C=O) groups excluding carboxylic acids is 2. The number of nitro groups is 1. The van der Waals surface area contributed by atoms with Gasteiger partial charge in [0.1, 0.15) is 0 Å². The quantitative estimate of drug-likeness (QED) is 0.346. The molecule has 5 nitrogen and oxygen atoms in total. The minimum absolute atomic E-state index is 0.0252. The summed E-state index contributed by atoms with van der Waals surface area (Å²) in [7, 11) is 0. The first-order valence-corrected chi connectivity index (χ1v) is 3.73. The van der Waals surface area contributed by atoms with Crippen LogP contribution in [0.5, 0.6) is 0 Å². The van der Waals surface area contributed by atoms with Crippen LogP contribution in [0.3, 0.4) is 0 Å². The second kappa shape index (κ2) is 4.58. The van der Waals surface area contributed by atoms with Crippen molar-refractivity contribution >= 4 is 11.6 Å². The maximum Gasteiger partial charge on any atom is 0.327 e. The Balaban J connectivity index is 4.55.